The number of hydrogen-bond donors (Lipinski definition) is 1. The number of carboxylic acid groups (broad SMARTS) is 1. The summed E-state index contributed by atoms with van der Waals surface area (Å²) in [5, 5.41) is 10.4. The van der Waals surface area contributed by atoms with E-state index < -0.39 is 12.0 Å². The van der Waals surface area contributed by atoms with Crippen molar-refractivity contribution in [3.05, 3.63) is 34.8 Å². The Labute approximate surface area is 139 Å². The monoisotopic (exact) mass is 354 g/mol. The second kappa shape index (κ2) is 6.68. The third kappa shape index (κ3) is 3.26. The fourth-order valence-corrected chi connectivity index (χ4v) is 4.05. The fourth-order valence-electron chi connectivity index (χ4n) is 1.88. The lowest BCUT2D eigenvalue weighted by Gasteiger charge is -2.01. The molecule has 1 aromatic heterocycles. The molecule has 0 saturated carbocycles. The van der Waals surface area contributed by atoms with Gasteiger partial charge in [-0.3, -0.25) is 4.99 Å². The second-order valence-electron chi connectivity index (χ2n) is 4.42. The summed E-state index contributed by atoms with van der Waals surface area (Å²) in [4.78, 5) is 19.7. The molecule has 1 atom stereocenters. The molecule has 0 aliphatic carbocycles. The largest absolute Gasteiger partial charge is 0.489 e. The molecule has 0 fully saturated rings. The molecule has 0 radical (unpaired) electrons. The zero-order chi connectivity index (χ0) is 15.5. The highest BCUT2D eigenvalue weighted by molar-refractivity contribution is 8.15. The van der Waals surface area contributed by atoms with Gasteiger partial charge in [-0.25, -0.2) is 9.78 Å². The van der Waals surface area contributed by atoms with Crippen molar-refractivity contribution in [1.29, 1.82) is 0 Å². The van der Waals surface area contributed by atoms with Crippen LogP contribution in [-0.2, 0) is 4.79 Å². The maximum Gasteiger partial charge on any atom is 0.329 e. The number of carboxylic acids is 1. The van der Waals surface area contributed by atoms with E-state index >= 15 is 0 Å². The number of hydrogen-bond acceptors (Lipinski definition) is 6. The first-order valence-electron chi connectivity index (χ1n) is 6.40. The van der Waals surface area contributed by atoms with E-state index in [1.807, 2.05) is 18.2 Å². The van der Waals surface area contributed by atoms with Gasteiger partial charge in [-0.1, -0.05) is 11.6 Å². The second-order valence-corrected chi connectivity index (χ2v) is 6.71. The van der Waals surface area contributed by atoms with Crippen molar-refractivity contribution >= 4 is 55.9 Å². The van der Waals surface area contributed by atoms with Crippen molar-refractivity contribution in [3.63, 3.8) is 0 Å². The molecule has 5 nitrogen and oxygen atoms in total. The van der Waals surface area contributed by atoms with E-state index in [1.165, 1.54) is 28.6 Å². The minimum atomic E-state index is -0.897. The maximum atomic E-state index is 11.0. The standard InChI is InChI=1S/C14H11ClN2O3S2/c15-4-1-5-20-8-2-3-9-11(6-8)22-13(16-9)12-17-10(7-21-12)14(18)19/h1-4,6,10H,5,7H2,(H,18,19)/b4-1+/t10-/m1/s1. The van der Waals surface area contributed by atoms with E-state index in [2.05, 4.69) is 9.98 Å². The van der Waals surface area contributed by atoms with Gasteiger partial charge in [-0.2, -0.15) is 0 Å². The Morgan fingerprint density at radius 2 is 2.41 bits per heavy atom. The predicted octanol–water partition coefficient (Wildman–Crippen LogP) is 3.37. The molecule has 1 aliphatic rings. The van der Waals surface area contributed by atoms with E-state index in [9.17, 15) is 4.79 Å². The first-order chi connectivity index (χ1) is 10.7. The van der Waals surface area contributed by atoms with Crippen LogP contribution in [0.5, 0.6) is 5.75 Å². The summed E-state index contributed by atoms with van der Waals surface area (Å²) in [6.45, 7) is 0.406. The van der Waals surface area contributed by atoms with Crippen molar-refractivity contribution in [3.8, 4) is 5.75 Å². The lowest BCUT2D eigenvalue weighted by Crippen LogP contribution is -2.17. The Kier molecular flexibility index (Phi) is 4.66. The summed E-state index contributed by atoms with van der Waals surface area (Å²) in [7, 11) is 0. The number of ether oxygens (including phenoxy) is 1. The summed E-state index contributed by atoms with van der Waals surface area (Å²) < 4.78 is 6.51. The molecule has 22 heavy (non-hydrogen) atoms. The molecular formula is C14H11ClN2O3S2. The third-order valence-electron chi connectivity index (χ3n) is 2.91. The number of aromatic nitrogens is 1. The van der Waals surface area contributed by atoms with E-state index in [1.54, 1.807) is 6.08 Å². The van der Waals surface area contributed by atoms with Crippen LogP contribution in [0.3, 0.4) is 0 Å². The number of aliphatic imine (C=N–C) groups is 1. The van der Waals surface area contributed by atoms with Crippen LogP contribution in [0.25, 0.3) is 10.2 Å². The molecule has 2 aromatic rings. The van der Waals surface area contributed by atoms with E-state index in [0.717, 1.165) is 21.0 Å². The van der Waals surface area contributed by atoms with Gasteiger partial charge in [0.25, 0.3) is 0 Å². The van der Waals surface area contributed by atoms with Crippen LogP contribution < -0.4 is 4.74 Å². The van der Waals surface area contributed by atoms with E-state index in [-0.39, 0.29) is 0 Å². The topological polar surface area (TPSA) is 71.8 Å². The number of nitrogens with zero attached hydrogens (tertiary/aromatic N) is 2. The molecule has 0 saturated heterocycles. The smallest absolute Gasteiger partial charge is 0.329 e. The van der Waals surface area contributed by atoms with Crippen LogP contribution >= 0.6 is 34.7 Å². The van der Waals surface area contributed by atoms with Crippen LogP contribution in [0.15, 0.2) is 34.8 Å². The lowest BCUT2D eigenvalue weighted by molar-refractivity contribution is -0.137. The molecule has 0 bridgehead atoms. The summed E-state index contributed by atoms with van der Waals surface area (Å²) in [6.07, 6.45) is 1.71. The first kappa shape index (κ1) is 15.3. The normalized spacial score (nSPS) is 18.0. The van der Waals surface area contributed by atoms with Crippen LogP contribution in [0.4, 0.5) is 0 Å². The summed E-state index contributed by atoms with van der Waals surface area (Å²) >= 11 is 8.36. The summed E-state index contributed by atoms with van der Waals surface area (Å²) in [5.74, 6) is 0.299. The van der Waals surface area contributed by atoms with Gasteiger partial charge in [0, 0.05) is 11.3 Å². The van der Waals surface area contributed by atoms with Crippen LogP contribution in [-0.4, -0.2) is 39.5 Å². The lowest BCUT2D eigenvalue weighted by atomic mass is 10.3. The Bertz CT molecular complexity index is 773. The minimum Gasteiger partial charge on any atom is -0.489 e. The molecule has 114 valence electrons. The summed E-state index contributed by atoms with van der Waals surface area (Å²) in [6, 6.07) is 4.96. The Morgan fingerprint density at radius 1 is 1.55 bits per heavy atom. The van der Waals surface area contributed by atoms with Gasteiger partial charge < -0.3 is 9.84 Å². The summed E-state index contributed by atoms with van der Waals surface area (Å²) in [5.41, 5.74) is 2.26. The molecule has 8 heteroatoms. The number of fused-ring (bicyclic) bond motifs is 1. The minimum absolute atomic E-state index is 0.406. The molecule has 1 aliphatic heterocycles. The van der Waals surface area contributed by atoms with Gasteiger partial charge in [0.05, 0.1) is 10.2 Å². The molecule has 0 spiro atoms. The Balaban J connectivity index is 1.84. The van der Waals surface area contributed by atoms with Gasteiger partial charge in [-0.05, 0) is 24.3 Å². The van der Waals surface area contributed by atoms with E-state index in [4.69, 9.17) is 21.4 Å². The highest BCUT2D eigenvalue weighted by atomic mass is 35.5. The predicted molar refractivity (Wildman–Crippen MR) is 90.5 cm³/mol. The van der Waals surface area contributed by atoms with Gasteiger partial charge in [-0.15, -0.1) is 23.1 Å². The van der Waals surface area contributed by atoms with Crippen molar-refractivity contribution < 1.29 is 14.6 Å². The van der Waals surface area contributed by atoms with Crippen molar-refractivity contribution in [2.45, 2.75) is 6.04 Å². The maximum absolute atomic E-state index is 11.0. The third-order valence-corrected chi connectivity index (χ3v) is 5.30. The highest BCUT2D eigenvalue weighted by Crippen LogP contribution is 2.31. The van der Waals surface area contributed by atoms with E-state index in [0.29, 0.717) is 17.4 Å². The zero-order valence-corrected chi connectivity index (χ0v) is 13.6. The van der Waals surface area contributed by atoms with Gasteiger partial charge in [0.2, 0.25) is 0 Å². The first-order valence-corrected chi connectivity index (χ1v) is 8.63. The van der Waals surface area contributed by atoms with Crippen LogP contribution in [0.2, 0.25) is 0 Å². The Morgan fingerprint density at radius 3 is 3.14 bits per heavy atom. The fraction of sp³-hybridized carbons (Fsp3) is 0.214. The van der Waals surface area contributed by atoms with Gasteiger partial charge in [0.1, 0.15) is 22.4 Å². The average molecular weight is 355 g/mol. The van der Waals surface area contributed by atoms with Crippen LogP contribution in [0.1, 0.15) is 5.01 Å². The molecule has 1 N–H and O–H groups in total. The number of benzene rings is 1. The van der Waals surface area contributed by atoms with Crippen LogP contribution in [0, 0.1) is 0 Å². The quantitative estimate of drug-likeness (QED) is 0.891. The Hall–Kier alpha value is -1.57. The molecule has 2 heterocycles. The number of aliphatic carboxylic acids is 1. The highest BCUT2D eigenvalue weighted by Gasteiger charge is 2.26. The number of carbonyl (C=O) groups is 1. The van der Waals surface area contributed by atoms with Crippen molar-refractivity contribution in [1.82, 2.24) is 4.98 Å². The number of rotatable bonds is 5. The molecule has 0 unspecified atom stereocenters. The average Bonchev–Trinajstić information content (AvgIpc) is 3.13. The van der Waals surface area contributed by atoms with Crippen molar-refractivity contribution in [2.75, 3.05) is 12.4 Å². The number of thiazole rings is 1. The van der Waals surface area contributed by atoms with Gasteiger partial charge >= 0.3 is 5.97 Å². The SMILES string of the molecule is O=C(O)[C@H]1CSC(c2nc3ccc(OC/C=C/Cl)cc3s2)=N1. The molecule has 3 rings (SSSR count). The zero-order valence-electron chi connectivity index (χ0n) is 11.2. The van der Waals surface area contributed by atoms with Crippen molar-refractivity contribution in [2.24, 2.45) is 4.99 Å². The number of thioether (sulfide) groups is 1. The molecule has 1 aromatic carbocycles. The molecular weight excluding hydrogens is 344 g/mol. The number of halogens is 1. The molecule has 0 amide bonds. The van der Waals surface area contributed by atoms with Gasteiger partial charge in [0.15, 0.2) is 6.04 Å².